The number of rotatable bonds is 3. The lowest BCUT2D eigenvalue weighted by Crippen LogP contribution is -2.27. The summed E-state index contributed by atoms with van der Waals surface area (Å²) in [6, 6.07) is 2.12. The van der Waals surface area contributed by atoms with Crippen LogP contribution in [0.5, 0.6) is 0 Å². The number of nitrogens with zero attached hydrogens (tertiary/aromatic N) is 1. The summed E-state index contributed by atoms with van der Waals surface area (Å²) < 4.78 is 91.3. The zero-order valence-corrected chi connectivity index (χ0v) is 16.0. The van der Waals surface area contributed by atoms with E-state index < -0.39 is 34.6 Å². The van der Waals surface area contributed by atoms with E-state index in [1.54, 1.807) is 6.92 Å². The fourth-order valence-corrected chi connectivity index (χ4v) is 4.17. The highest BCUT2D eigenvalue weighted by Crippen LogP contribution is 2.48. The highest BCUT2D eigenvalue weighted by atomic mass is 32.2. The largest absolute Gasteiger partial charge is 0.433 e. The number of halogens is 7. The zero-order valence-electron chi connectivity index (χ0n) is 14.3. The second kappa shape index (κ2) is 7.50. The number of anilines is 1. The second-order valence-corrected chi connectivity index (χ2v) is 7.99. The third-order valence-electron chi connectivity index (χ3n) is 3.71. The van der Waals surface area contributed by atoms with Gasteiger partial charge in [0.25, 0.3) is 0 Å². The predicted molar refractivity (Wildman–Crippen MR) is 93.6 cm³/mol. The van der Waals surface area contributed by atoms with Gasteiger partial charge in [-0.05, 0) is 38.5 Å². The van der Waals surface area contributed by atoms with Gasteiger partial charge < -0.3 is 10.6 Å². The molecule has 2 rings (SSSR count). The van der Waals surface area contributed by atoms with E-state index in [4.69, 9.17) is 5.73 Å². The summed E-state index contributed by atoms with van der Waals surface area (Å²) in [6.07, 6.45) is -9.27. The minimum Gasteiger partial charge on any atom is -0.393 e. The fourth-order valence-electron chi connectivity index (χ4n) is 2.29. The molecule has 0 bridgehead atoms. The Bertz CT molecular complexity index is 810. The lowest BCUT2D eigenvalue weighted by atomic mass is 10.2. The zero-order chi connectivity index (χ0) is 20.7. The molecule has 0 atom stereocenters. The average Bonchev–Trinajstić information content (AvgIpc) is 2.79. The van der Waals surface area contributed by atoms with Crippen LogP contribution in [0.2, 0.25) is 0 Å². The Balaban J connectivity index is 2.57. The number of aryl methyl sites for hydroxylation is 1. The molecular weight excluding hydrogens is 417 g/mol. The van der Waals surface area contributed by atoms with E-state index in [0.717, 1.165) is 28.8 Å². The summed E-state index contributed by atoms with van der Waals surface area (Å²) >= 11 is 1.18. The van der Waals surface area contributed by atoms with E-state index in [1.165, 1.54) is 13.8 Å². The lowest BCUT2D eigenvalue weighted by molar-refractivity contribution is -0.105. The van der Waals surface area contributed by atoms with Gasteiger partial charge in [0.15, 0.2) is 0 Å². The number of nitrogens with two attached hydrogens (primary N) is 1. The van der Waals surface area contributed by atoms with Crippen molar-refractivity contribution in [1.82, 2.24) is 0 Å². The summed E-state index contributed by atoms with van der Waals surface area (Å²) in [4.78, 5) is 1.59. The van der Waals surface area contributed by atoms with Crippen molar-refractivity contribution in [1.29, 1.82) is 0 Å². The normalized spacial score (nSPS) is 17.8. The first-order valence-electron chi connectivity index (χ1n) is 7.44. The molecule has 0 unspecified atom stereocenters. The molecule has 0 saturated carbocycles. The van der Waals surface area contributed by atoms with Crippen molar-refractivity contribution >= 4 is 29.2 Å². The first-order valence-corrected chi connectivity index (χ1v) is 9.24. The monoisotopic (exact) mass is 432 g/mol. The summed E-state index contributed by atoms with van der Waals surface area (Å²) in [5, 5.41) is -0.424. The standard InChI is InChI=1S/C16H15F7N2S2/c1-7-4-10(17)11(5-12(7)26-6-15(18,19)20)25-8(2)9(3)27-14(25)13(24)16(21,22)23/h4-5H,6,24H2,1-3H3. The third-order valence-corrected chi connectivity index (χ3v) is 6.13. The highest BCUT2D eigenvalue weighted by Gasteiger charge is 2.40. The van der Waals surface area contributed by atoms with Crippen LogP contribution in [0.15, 0.2) is 38.4 Å². The van der Waals surface area contributed by atoms with Crippen LogP contribution in [0.3, 0.4) is 0 Å². The minimum absolute atomic E-state index is 0.121. The Morgan fingerprint density at radius 1 is 1.11 bits per heavy atom. The molecule has 0 amide bonds. The van der Waals surface area contributed by atoms with Crippen molar-refractivity contribution in [3.8, 4) is 0 Å². The first-order chi connectivity index (χ1) is 12.2. The molecule has 0 saturated heterocycles. The molecule has 27 heavy (non-hydrogen) atoms. The van der Waals surface area contributed by atoms with Crippen molar-refractivity contribution in [2.24, 2.45) is 5.73 Å². The van der Waals surface area contributed by atoms with Gasteiger partial charge in [-0.25, -0.2) is 4.39 Å². The van der Waals surface area contributed by atoms with Crippen LogP contribution < -0.4 is 10.6 Å². The summed E-state index contributed by atoms with van der Waals surface area (Å²) in [5.41, 5.74) is 4.12. The maximum Gasteiger partial charge on any atom is 0.433 e. The van der Waals surface area contributed by atoms with Crippen molar-refractivity contribution < 1.29 is 30.7 Å². The van der Waals surface area contributed by atoms with Gasteiger partial charge in [0.1, 0.15) is 16.5 Å². The number of alkyl halides is 6. The van der Waals surface area contributed by atoms with E-state index in [9.17, 15) is 30.7 Å². The van der Waals surface area contributed by atoms with Crippen LogP contribution in [-0.4, -0.2) is 18.1 Å². The second-order valence-electron chi connectivity index (χ2n) is 5.77. The maximum absolute atomic E-state index is 14.5. The topological polar surface area (TPSA) is 29.3 Å². The number of hydrogen-bond donors (Lipinski definition) is 1. The summed E-state index contributed by atoms with van der Waals surface area (Å²) in [5.74, 6) is -2.06. The molecule has 11 heteroatoms. The van der Waals surface area contributed by atoms with E-state index in [1.807, 2.05) is 0 Å². The van der Waals surface area contributed by atoms with Crippen molar-refractivity contribution in [3.63, 3.8) is 0 Å². The third kappa shape index (κ3) is 4.87. The molecule has 0 aromatic heterocycles. The molecule has 0 spiro atoms. The van der Waals surface area contributed by atoms with Crippen LogP contribution >= 0.6 is 23.5 Å². The van der Waals surface area contributed by atoms with Crippen molar-refractivity contribution in [2.45, 2.75) is 38.0 Å². The Morgan fingerprint density at radius 2 is 1.70 bits per heavy atom. The number of allylic oxidation sites excluding steroid dienone is 3. The van der Waals surface area contributed by atoms with Gasteiger partial charge in [-0.2, -0.15) is 26.3 Å². The lowest BCUT2D eigenvalue weighted by Gasteiger charge is -2.25. The minimum atomic E-state index is -4.83. The maximum atomic E-state index is 14.5. The molecule has 2 N–H and O–H groups in total. The molecule has 2 nitrogen and oxygen atoms in total. The Morgan fingerprint density at radius 3 is 2.22 bits per heavy atom. The van der Waals surface area contributed by atoms with E-state index >= 15 is 0 Å². The highest BCUT2D eigenvalue weighted by molar-refractivity contribution is 8.07. The number of hydrogen-bond acceptors (Lipinski definition) is 4. The Kier molecular flexibility index (Phi) is 6.05. The molecule has 0 radical (unpaired) electrons. The van der Waals surface area contributed by atoms with Crippen molar-refractivity contribution in [2.75, 3.05) is 10.7 Å². The van der Waals surface area contributed by atoms with Crippen LogP contribution in [0, 0.1) is 12.7 Å². The molecule has 0 aliphatic carbocycles. The molecule has 0 fully saturated rings. The van der Waals surface area contributed by atoms with Gasteiger partial charge in [0, 0.05) is 15.5 Å². The average molecular weight is 432 g/mol. The Hall–Kier alpha value is -1.49. The van der Waals surface area contributed by atoms with Gasteiger partial charge in [0.2, 0.25) is 0 Å². The molecule has 150 valence electrons. The first kappa shape index (κ1) is 21.8. The summed E-state index contributed by atoms with van der Waals surface area (Å²) in [7, 11) is 0. The van der Waals surface area contributed by atoms with Gasteiger partial charge in [0.05, 0.1) is 11.4 Å². The number of benzene rings is 1. The van der Waals surface area contributed by atoms with Crippen LogP contribution in [0.25, 0.3) is 0 Å². The molecule has 1 heterocycles. The van der Waals surface area contributed by atoms with Crippen LogP contribution in [0.1, 0.15) is 19.4 Å². The molecular formula is C16H15F7N2S2. The Labute approximate surface area is 159 Å². The van der Waals surface area contributed by atoms with E-state index in [2.05, 4.69) is 0 Å². The molecule has 1 aromatic carbocycles. The quantitative estimate of drug-likeness (QED) is 0.449. The fraction of sp³-hybridized carbons (Fsp3) is 0.375. The number of thioether (sulfide) groups is 2. The van der Waals surface area contributed by atoms with Gasteiger partial charge in [-0.3, -0.25) is 0 Å². The van der Waals surface area contributed by atoms with Crippen LogP contribution in [0.4, 0.5) is 36.4 Å². The van der Waals surface area contributed by atoms with Crippen molar-refractivity contribution in [3.05, 3.63) is 44.8 Å². The van der Waals surface area contributed by atoms with E-state index in [0.29, 0.717) is 22.4 Å². The predicted octanol–water partition coefficient (Wildman–Crippen LogP) is 6.28. The molecule has 1 aromatic rings. The molecule has 1 aliphatic rings. The van der Waals surface area contributed by atoms with E-state index in [-0.39, 0.29) is 16.1 Å². The van der Waals surface area contributed by atoms with Gasteiger partial charge in [-0.15, -0.1) is 11.8 Å². The van der Waals surface area contributed by atoms with Gasteiger partial charge in [-0.1, -0.05) is 11.8 Å². The van der Waals surface area contributed by atoms with Crippen LogP contribution in [-0.2, 0) is 0 Å². The molecule has 1 aliphatic heterocycles. The summed E-state index contributed by atoms with van der Waals surface area (Å²) in [6.45, 7) is 4.47. The van der Waals surface area contributed by atoms with Gasteiger partial charge >= 0.3 is 12.4 Å². The SMILES string of the molecule is CC1=C(C)N(c2cc(SCC(F)(F)F)c(C)cc2F)C(=C(N)C(F)(F)F)S1. The smallest absolute Gasteiger partial charge is 0.393 e.